The van der Waals surface area contributed by atoms with Gasteiger partial charge in [0.25, 0.3) is 5.91 Å². The number of amides is 1. The number of carbonyl (C=O) groups excluding carboxylic acids is 1. The number of hydrogen-bond donors (Lipinski definition) is 1. The largest absolute Gasteiger partial charge is 0.302 e. The minimum atomic E-state index is -0.0365. The van der Waals surface area contributed by atoms with Gasteiger partial charge in [0.05, 0.1) is 0 Å². The molecule has 0 aliphatic carbocycles. The van der Waals surface area contributed by atoms with Crippen molar-refractivity contribution in [3.63, 3.8) is 0 Å². The molecule has 1 heterocycles. The molecule has 4 heteroatoms. The quantitative estimate of drug-likeness (QED) is 0.884. The van der Waals surface area contributed by atoms with E-state index in [9.17, 15) is 4.79 Å². The van der Waals surface area contributed by atoms with Crippen LogP contribution in [0.15, 0.2) is 53.4 Å². The number of hydrogen-bond acceptors (Lipinski definition) is 3. The summed E-state index contributed by atoms with van der Waals surface area (Å²) in [6.45, 7) is 2.02. The third kappa shape index (κ3) is 3.46. The van der Waals surface area contributed by atoms with Crippen molar-refractivity contribution in [1.82, 2.24) is 9.62 Å². The molecule has 2 aromatic rings. The highest BCUT2D eigenvalue weighted by atomic mass is 32.2. The Morgan fingerprint density at radius 3 is 2.76 bits per heavy atom. The van der Waals surface area contributed by atoms with E-state index < -0.39 is 0 Å². The van der Waals surface area contributed by atoms with Gasteiger partial charge in [-0.1, -0.05) is 24.3 Å². The Bertz CT molecular complexity index is 642. The molecule has 1 aliphatic heterocycles. The summed E-state index contributed by atoms with van der Waals surface area (Å²) in [5, 5.41) is 0. The van der Waals surface area contributed by atoms with Crippen LogP contribution in [0.1, 0.15) is 21.5 Å². The van der Waals surface area contributed by atoms with E-state index in [1.54, 1.807) is 0 Å². The van der Waals surface area contributed by atoms with Crippen LogP contribution >= 0.6 is 11.9 Å². The Kier molecular flexibility index (Phi) is 4.27. The summed E-state index contributed by atoms with van der Waals surface area (Å²) < 4.78 is 2.90. The van der Waals surface area contributed by atoms with Gasteiger partial charge in [-0.25, -0.2) is 0 Å². The lowest BCUT2D eigenvalue weighted by molar-refractivity contribution is 0.0984. The van der Waals surface area contributed by atoms with E-state index in [0.717, 1.165) is 30.0 Å². The summed E-state index contributed by atoms with van der Waals surface area (Å²) in [4.78, 5) is 15.6. The van der Waals surface area contributed by atoms with Gasteiger partial charge in [0.1, 0.15) is 0 Å². The number of nitrogens with zero attached hydrogens (tertiary/aromatic N) is 1. The van der Waals surface area contributed by atoms with Crippen molar-refractivity contribution in [2.45, 2.75) is 17.9 Å². The second-order valence-corrected chi connectivity index (χ2v) is 6.20. The van der Waals surface area contributed by atoms with Gasteiger partial charge in [-0.3, -0.25) is 9.52 Å². The molecule has 1 N–H and O–H groups in total. The second-order valence-electron chi connectivity index (χ2n) is 5.32. The maximum atomic E-state index is 12.2. The highest BCUT2D eigenvalue weighted by molar-refractivity contribution is 7.98. The molecule has 1 amide bonds. The van der Waals surface area contributed by atoms with E-state index in [1.807, 2.05) is 42.5 Å². The van der Waals surface area contributed by atoms with Crippen LogP contribution in [0.5, 0.6) is 0 Å². The molecule has 0 radical (unpaired) electrons. The summed E-state index contributed by atoms with van der Waals surface area (Å²) in [6, 6.07) is 15.9. The monoisotopic (exact) mass is 298 g/mol. The molecular weight excluding hydrogens is 280 g/mol. The summed E-state index contributed by atoms with van der Waals surface area (Å²) >= 11 is 1.35. The predicted molar refractivity (Wildman–Crippen MR) is 86.2 cm³/mol. The van der Waals surface area contributed by atoms with E-state index in [-0.39, 0.29) is 5.91 Å². The zero-order valence-corrected chi connectivity index (χ0v) is 12.8. The molecule has 0 spiro atoms. The molecule has 0 saturated heterocycles. The van der Waals surface area contributed by atoms with Crippen LogP contribution in [-0.4, -0.2) is 24.4 Å². The topological polar surface area (TPSA) is 32.3 Å². The molecule has 2 aromatic carbocycles. The van der Waals surface area contributed by atoms with E-state index in [0.29, 0.717) is 0 Å². The fourth-order valence-electron chi connectivity index (χ4n) is 2.49. The summed E-state index contributed by atoms with van der Waals surface area (Å²) in [5.41, 5.74) is 3.36. The first-order valence-electron chi connectivity index (χ1n) is 7.05. The van der Waals surface area contributed by atoms with Crippen LogP contribution in [0.2, 0.25) is 0 Å². The van der Waals surface area contributed by atoms with Crippen LogP contribution in [0.3, 0.4) is 0 Å². The van der Waals surface area contributed by atoms with Gasteiger partial charge in [-0.15, -0.1) is 0 Å². The maximum absolute atomic E-state index is 12.2. The van der Waals surface area contributed by atoms with Gasteiger partial charge in [-0.2, -0.15) is 0 Å². The molecule has 0 atom stereocenters. The van der Waals surface area contributed by atoms with Gasteiger partial charge >= 0.3 is 0 Å². The molecule has 0 unspecified atom stereocenters. The summed E-state index contributed by atoms with van der Waals surface area (Å²) in [5.74, 6) is -0.0365. The lowest BCUT2D eigenvalue weighted by Crippen LogP contribution is -2.27. The molecule has 3 rings (SSSR count). The van der Waals surface area contributed by atoms with Crippen molar-refractivity contribution >= 4 is 17.9 Å². The average Bonchev–Trinajstić information content (AvgIpc) is 2.53. The summed E-state index contributed by atoms with van der Waals surface area (Å²) in [6.07, 6.45) is 1.01. The smallest absolute Gasteiger partial charge is 0.261 e. The van der Waals surface area contributed by atoms with Crippen LogP contribution in [-0.2, 0) is 13.0 Å². The minimum Gasteiger partial charge on any atom is -0.302 e. The molecular formula is C17H18N2OS. The van der Waals surface area contributed by atoms with Crippen LogP contribution in [0, 0.1) is 0 Å². The Morgan fingerprint density at radius 1 is 1.14 bits per heavy atom. The van der Waals surface area contributed by atoms with E-state index in [1.165, 1.54) is 23.1 Å². The third-order valence-corrected chi connectivity index (χ3v) is 4.47. The molecule has 21 heavy (non-hydrogen) atoms. The number of likely N-dealkylation sites (N-methyl/N-ethyl adjacent to an activating group) is 1. The normalized spacial score (nSPS) is 14.5. The number of nitrogens with one attached hydrogen (secondary N) is 1. The van der Waals surface area contributed by atoms with Crippen molar-refractivity contribution in [1.29, 1.82) is 0 Å². The van der Waals surface area contributed by atoms with E-state index in [2.05, 4.69) is 22.7 Å². The predicted octanol–water partition coefficient (Wildman–Crippen LogP) is 3.11. The van der Waals surface area contributed by atoms with Gasteiger partial charge in [-0.05, 0) is 60.8 Å². The standard InChI is InChI=1S/C17H18N2OS/c1-19-10-9-13-11-14(7-8-15(13)12-19)17(20)18-21-16-5-3-2-4-6-16/h2-8,11H,9-10,12H2,1H3,(H,18,20). The number of fused-ring (bicyclic) bond motifs is 1. The fourth-order valence-corrected chi connectivity index (χ4v) is 3.11. The Balaban J connectivity index is 1.68. The zero-order valence-electron chi connectivity index (χ0n) is 12.0. The Morgan fingerprint density at radius 2 is 1.95 bits per heavy atom. The van der Waals surface area contributed by atoms with Crippen molar-refractivity contribution < 1.29 is 4.79 Å². The molecule has 0 saturated carbocycles. The average molecular weight is 298 g/mol. The van der Waals surface area contributed by atoms with Crippen molar-refractivity contribution in [2.75, 3.05) is 13.6 Å². The van der Waals surface area contributed by atoms with Crippen molar-refractivity contribution in [3.05, 3.63) is 65.2 Å². The minimum absolute atomic E-state index is 0.0365. The lowest BCUT2D eigenvalue weighted by atomic mass is 9.97. The first-order valence-corrected chi connectivity index (χ1v) is 7.86. The Hall–Kier alpha value is -1.78. The molecule has 108 valence electrons. The molecule has 3 nitrogen and oxygen atoms in total. The second kappa shape index (κ2) is 6.33. The van der Waals surface area contributed by atoms with Crippen LogP contribution in [0.4, 0.5) is 0 Å². The number of rotatable bonds is 3. The first-order chi connectivity index (χ1) is 10.2. The first kappa shape index (κ1) is 14.2. The number of carbonyl (C=O) groups is 1. The summed E-state index contributed by atoms with van der Waals surface area (Å²) in [7, 11) is 2.13. The third-order valence-electron chi connectivity index (χ3n) is 3.68. The van der Waals surface area contributed by atoms with Crippen LogP contribution in [0.25, 0.3) is 0 Å². The van der Waals surface area contributed by atoms with Gasteiger partial charge in [0, 0.05) is 23.5 Å². The molecule has 0 fully saturated rings. The molecule has 0 aromatic heterocycles. The van der Waals surface area contributed by atoms with E-state index >= 15 is 0 Å². The number of benzene rings is 2. The fraction of sp³-hybridized carbons (Fsp3) is 0.235. The Labute approximate surface area is 129 Å². The van der Waals surface area contributed by atoms with Crippen molar-refractivity contribution in [2.24, 2.45) is 0 Å². The SMILES string of the molecule is CN1CCc2cc(C(=O)NSc3ccccc3)ccc2C1. The van der Waals surface area contributed by atoms with Crippen LogP contribution < -0.4 is 4.72 Å². The maximum Gasteiger partial charge on any atom is 0.261 e. The zero-order chi connectivity index (χ0) is 14.7. The van der Waals surface area contributed by atoms with Gasteiger partial charge in [0.15, 0.2) is 0 Å². The molecule has 0 bridgehead atoms. The molecule has 1 aliphatic rings. The lowest BCUT2D eigenvalue weighted by Gasteiger charge is -2.25. The van der Waals surface area contributed by atoms with Gasteiger partial charge in [0.2, 0.25) is 0 Å². The van der Waals surface area contributed by atoms with Crippen molar-refractivity contribution in [3.8, 4) is 0 Å². The highest BCUT2D eigenvalue weighted by Crippen LogP contribution is 2.20. The van der Waals surface area contributed by atoms with E-state index in [4.69, 9.17) is 0 Å². The highest BCUT2D eigenvalue weighted by Gasteiger charge is 2.15. The van der Waals surface area contributed by atoms with Gasteiger partial charge < -0.3 is 4.90 Å².